The second kappa shape index (κ2) is 4.90. The third-order valence-corrected chi connectivity index (χ3v) is 4.16. The number of hydrogen-bond donors (Lipinski definition) is 0. The second-order valence-corrected chi connectivity index (χ2v) is 5.29. The Balaban J connectivity index is 1.93. The van der Waals surface area contributed by atoms with Crippen LogP contribution in [-0.4, -0.2) is 7.11 Å². The highest BCUT2D eigenvalue weighted by atomic mass is 16.5. The highest BCUT2D eigenvalue weighted by molar-refractivity contribution is 5.91. The quantitative estimate of drug-likeness (QED) is 0.687. The van der Waals surface area contributed by atoms with E-state index in [1.165, 1.54) is 22.1 Å². The van der Waals surface area contributed by atoms with Gasteiger partial charge in [0.15, 0.2) is 0 Å². The molecular formula is C19H16O2. The molecule has 0 bridgehead atoms. The lowest BCUT2D eigenvalue weighted by Gasteiger charge is -2.16. The Hall–Kier alpha value is -2.32. The Bertz CT molecular complexity index is 808. The zero-order valence-electron chi connectivity index (χ0n) is 11.9. The standard InChI is InChI=1S/C19H16O2/c1-20-18-11-10-17(15-8-4-5-9-16(15)18)19-14-7-3-2-6-13(14)12-21-19/h2-11,19H,12H2,1H3. The van der Waals surface area contributed by atoms with Gasteiger partial charge in [0.25, 0.3) is 0 Å². The predicted molar refractivity (Wildman–Crippen MR) is 83.6 cm³/mol. The molecule has 2 nitrogen and oxygen atoms in total. The van der Waals surface area contributed by atoms with Gasteiger partial charge in [-0.15, -0.1) is 0 Å². The maximum absolute atomic E-state index is 6.05. The highest BCUT2D eigenvalue weighted by Gasteiger charge is 2.26. The van der Waals surface area contributed by atoms with E-state index in [1.807, 2.05) is 12.1 Å². The number of benzene rings is 3. The molecule has 0 aromatic heterocycles. The maximum Gasteiger partial charge on any atom is 0.126 e. The van der Waals surface area contributed by atoms with Gasteiger partial charge in [0.1, 0.15) is 11.9 Å². The van der Waals surface area contributed by atoms with Crippen LogP contribution in [0.15, 0.2) is 60.7 Å². The summed E-state index contributed by atoms with van der Waals surface area (Å²) in [6.45, 7) is 0.682. The molecule has 1 aliphatic heterocycles. The van der Waals surface area contributed by atoms with E-state index in [0.717, 1.165) is 11.1 Å². The van der Waals surface area contributed by atoms with E-state index in [0.29, 0.717) is 6.61 Å². The molecule has 4 rings (SSSR count). The van der Waals surface area contributed by atoms with Crippen molar-refractivity contribution in [2.24, 2.45) is 0 Å². The molecule has 1 heterocycles. The molecule has 0 fully saturated rings. The van der Waals surface area contributed by atoms with Gasteiger partial charge in [-0.1, -0.05) is 54.6 Å². The summed E-state index contributed by atoms with van der Waals surface area (Å²) in [4.78, 5) is 0. The molecule has 3 aromatic carbocycles. The number of rotatable bonds is 2. The van der Waals surface area contributed by atoms with Crippen molar-refractivity contribution in [1.29, 1.82) is 0 Å². The summed E-state index contributed by atoms with van der Waals surface area (Å²) in [5.41, 5.74) is 3.76. The Morgan fingerprint density at radius 2 is 1.62 bits per heavy atom. The molecule has 1 unspecified atom stereocenters. The van der Waals surface area contributed by atoms with Gasteiger partial charge >= 0.3 is 0 Å². The van der Waals surface area contributed by atoms with Crippen molar-refractivity contribution in [3.63, 3.8) is 0 Å². The molecule has 0 aliphatic carbocycles. The molecule has 0 N–H and O–H groups in total. The van der Waals surface area contributed by atoms with Crippen molar-refractivity contribution >= 4 is 10.8 Å². The zero-order valence-corrected chi connectivity index (χ0v) is 11.9. The molecule has 0 amide bonds. The van der Waals surface area contributed by atoms with Crippen molar-refractivity contribution < 1.29 is 9.47 Å². The van der Waals surface area contributed by atoms with E-state index in [2.05, 4.69) is 48.5 Å². The minimum Gasteiger partial charge on any atom is -0.496 e. The van der Waals surface area contributed by atoms with Crippen LogP contribution in [0, 0.1) is 0 Å². The summed E-state index contributed by atoms with van der Waals surface area (Å²) in [6, 6.07) is 20.9. The van der Waals surface area contributed by atoms with Gasteiger partial charge in [-0.2, -0.15) is 0 Å². The molecule has 21 heavy (non-hydrogen) atoms. The van der Waals surface area contributed by atoms with E-state index >= 15 is 0 Å². The molecule has 0 saturated carbocycles. The minimum absolute atomic E-state index is 0.0111. The molecule has 3 aromatic rings. The average molecular weight is 276 g/mol. The number of methoxy groups -OCH3 is 1. The average Bonchev–Trinajstić information content (AvgIpc) is 2.98. The summed E-state index contributed by atoms with van der Waals surface area (Å²) in [7, 11) is 1.71. The fourth-order valence-electron chi connectivity index (χ4n) is 3.14. The monoisotopic (exact) mass is 276 g/mol. The zero-order chi connectivity index (χ0) is 14.2. The minimum atomic E-state index is 0.0111. The molecule has 1 aliphatic rings. The first kappa shape index (κ1) is 12.4. The van der Waals surface area contributed by atoms with E-state index in [4.69, 9.17) is 9.47 Å². The van der Waals surface area contributed by atoms with Crippen LogP contribution >= 0.6 is 0 Å². The molecule has 104 valence electrons. The van der Waals surface area contributed by atoms with Gasteiger partial charge in [-0.25, -0.2) is 0 Å². The van der Waals surface area contributed by atoms with Crippen LogP contribution in [0.4, 0.5) is 0 Å². The van der Waals surface area contributed by atoms with Gasteiger partial charge in [0, 0.05) is 5.39 Å². The molecule has 0 spiro atoms. The van der Waals surface area contributed by atoms with E-state index in [-0.39, 0.29) is 6.10 Å². The fourth-order valence-corrected chi connectivity index (χ4v) is 3.14. The summed E-state index contributed by atoms with van der Waals surface area (Å²) in [5, 5.41) is 2.32. The van der Waals surface area contributed by atoms with E-state index < -0.39 is 0 Å². The number of fused-ring (bicyclic) bond motifs is 2. The normalized spacial score (nSPS) is 16.9. The Morgan fingerprint density at radius 1 is 0.857 bits per heavy atom. The Morgan fingerprint density at radius 3 is 2.48 bits per heavy atom. The lowest BCUT2D eigenvalue weighted by molar-refractivity contribution is 0.0948. The van der Waals surface area contributed by atoms with Gasteiger partial charge in [-0.3, -0.25) is 0 Å². The van der Waals surface area contributed by atoms with Crippen molar-refractivity contribution in [3.8, 4) is 5.75 Å². The topological polar surface area (TPSA) is 18.5 Å². The lowest BCUT2D eigenvalue weighted by Crippen LogP contribution is -2.00. The summed E-state index contributed by atoms with van der Waals surface area (Å²) in [6.07, 6.45) is 0.0111. The first-order valence-electron chi connectivity index (χ1n) is 7.13. The molecular weight excluding hydrogens is 260 g/mol. The third-order valence-electron chi connectivity index (χ3n) is 4.16. The van der Waals surface area contributed by atoms with Crippen molar-refractivity contribution in [1.82, 2.24) is 0 Å². The predicted octanol–water partition coefficient (Wildman–Crippen LogP) is 4.47. The number of hydrogen-bond acceptors (Lipinski definition) is 2. The first-order chi connectivity index (χ1) is 10.4. The van der Waals surface area contributed by atoms with Gasteiger partial charge in [0.2, 0.25) is 0 Å². The van der Waals surface area contributed by atoms with E-state index in [1.54, 1.807) is 7.11 Å². The Kier molecular flexibility index (Phi) is 2.90. The highest BCUT2D eigenvalue weighted by Crippen LogP contribution is 2.40. The van der Waals surface area contributed by atoms with Crippen LogP contribution < -0.4 is 4.74 Å². The third kappa shape index (κ3) is 1.91. The van der Waals surface area contributed by atoms with Crippen LogP contribution in [0.3, 0.4) is 0 Å². The van der Waals surface area contributed by atoms with Crippen molar-refractivity contribution in [2.75, 3.05) is 7.11 Å². The van der Waals surface area contributed by atoms with Gasteiger partial charge in [0.05, 0.1) is 13.7 Å². The molecule has 0 radical (unpaired) electrons. The second-order valence-electron chi connectivity index (χ2n) is 5.29. The maximum atomic E-state index is 6.05. The fraction of sp³-hybridized carbons (Fsp3) is 0.158. The Labute approximate surface area is 123 Å². The molecule has 1 atom stereocenters. The van der Waals surface area contributed by atoms with Crippen molar-refractivity contribution in [2.45, 2.75) is 12.7 Å². The van der Waals surface area contributed by atoms with Crippen LogP contribution in [0.5, 0.6) is 5.75 Å². The molecule has 2 heteroatoms. The summed E-state index contributed by atoms with van der Waals surface area (Å²) >= 11 is 0. The van der Waals surface area contributed by atoms with Gasteiger partial charge < -0.3 is 9.47 Å². The van der Waals surface area contributed by atoms with Crippen LogP contribution in [0.1, 0.15) is 22.8 Å². The van der Waals surface area contributed by atoms with Crippen LogP contribution in [0.2, 0.25) is 0 Å². The largest absolute Gasteiger partial charge is 0.496 e. The van der Waals surface area contributed by atoms with Crippen molar-refractivity contribution in [3.05, 3.63) is 77.4 Å². The van der Waals surface area contributed by atoms with Crippen LogP contribution in [0.25, 0.3) is 10.8 Å². The van der Waals surface area contributed by atoms with Gasteiger partial charge in [-0.05, 0) is 28.1 Å². The summed E-state index contributed by atoms with van der Waals surface area (Å²) in [5.74, 6) is 0.903. The summed E-state index contributed by atoms with van der Waals surface area (Å²) < 4.78 is 11.5. The lowest BCUT2D eigenvalue weighted by atomic mass is 9.94. The molecule has 0 saturated heterocycles. The van der Waals surface area contributed by atoms with E-state index in [9.17, 15) is 0 Å². The smallest absolute Gasteiger partial charge is 0.126 e. The van der Waals surface area contributed by atoms with Crippen LogP contribution in [-0.2, 0) is 11.3 Å². The SMILES string of the molecule is COc1ccc(C2OCc3ccccc32)c2ccccc12. The number of ether oxygens (including phenoxy) is 2. The first-order valence-corrected chi connectivity index (χ1v) is 7.13.